The first-order chi connectivity index (χ1) is 6.13. The van der Waals surface area contributed by atoms with Gasteiger partial charge in [-0.05, 0) is 12.3 Å². The van der Waals surface area contributed by atoms with E-state index >= 15 is 0 Å². The first-order valence-electron chi connectivity index (χ1n) is 4.88. The summed E-state index contributed by atoms with van der Waals surface area (Å²) < 4.78 is 0. The topological polar surface area (TPSA) is 3.24 Å². The van der Waals surface area contributed by atoms with E-state index in [1.807, 2.05) is 0 Å². The lowest BCUT2D eigenvalue weighted by Crippen LogP contribution is -2.33. The predicted octanol–water partition coefficient (Wildman–Crippen LogP) is 3.43. The summed E-state index contributed by atoms with van der Waals surface area (Å²) in [5.74, 6) is 0.751. The Balaban J connectivity index is 2.40. The minimum absolute atomic E-state index is 0.751. The fourth-order valence-corrected chi connectivity index (χ4v) is 1.89. The summed E-state index contributed by atoms with van der Waals surface area (Å²) in [5, 5.41) is 1.68. The van der Waals surface area contributed by atoms with E-state index < -0.39 is 0 Å². The van der Waals surface area contributed by atoms with Gasteiger partial charge in [-0.25, -0.2) is 0 Å². The van der Waals surface area contributed by atoms with Crippen LogP contribution in [0.3, 0.4) is 0 Å². The van der Waals surface area contributed by atoms with Crippen molar-refractivity contribution in [3.8, 4) is 0 Å². The molecule has 0 fully saturated rings. The molecule has 0 saturated heterocycles. The molecule has 1 aliphatic heterocycles. The van der Waals surface area contributed by atoms with E-state index in [1.54, 1.807) is 0 Å². The van der Waals surface area contributed by atoms with Crippen LogP contribution in [0.2, 0.25) is 0 Å². The summed E-state index contributed by atoms with van der Waals surface area (Å²) >= 11 is 11.9. The summed E-state index contributed by atoms with van der Waals surface area (Å²) in [6, 6.07) is 0. The maximum atomic E-state index is 5.99. The van der Waals surface area contributed by atoms with E-state index in [-0.39, 0.29) is 0 Å². The van der Waals surface area contributed by atoms with Crippen molar-refractivity contribution in [3.63, 3.8) is 0 Å². The second-order valence-electron chi connectivity index (χ2n) is 3.81. The van der Waals surface area contributed by atoms with Crippen LogP contribution < -0.4 is 0 Å². The second-order valence-corrected chi connectivity index (χ2v) is 4.72. The number of rotatable bonds is 3. The molecular weight excluding hydrogens is 205 g/mol. The van der Waals surface area contributed by atoms with Gasteiger partial charge in [-0.15, -0.1) is 0 Å². The predicted molar refractivity (Wildman–Crippen MR) is 59.2 cm³/mol. The van der Waals surface area contributed by atoms with Gasteiger partial charge in [0.1, 0.15) is 0 Å². The quantitative estimate of drug-likeness (QED) is 0.707. The van der Waals surface area contributed by atoms with Crippen molar-refractivity contribution in [2.24, 2.45) is 5.92 Å². The zero-order valence-corrected chi connectivity index (χ0v) is 9.83. The Morgan fingerprint density at radius 1 is 1.38 bits per heavy atom. The molecule has 0 radical (unpaired) electrons. The average molecular weight is 222 g/mol. The maximum absolute atomic E-state index is 5.99. The summed E-state index contributed by atoms with van der Waals surface area (Å²) in [4.78, 5) is 2.38. The molecule has 0 aromatic heterocycles. The SMILES string of the molecule is CCC(C)CN1CCC(Cl)=C(Cl)C1. The van der Waals surface area contributed by atoms with E-state index in [4.69, 9.17) is 23.2 Å². The van der Waals surface area contributed by atoms with Crippen LogP contribution in [0.4, 0.5) is 0 Å². The highest BCUT2D eigenvalue weighted by Crippen LogP contribution is 2.24. The summed E-state index contributed by atoms with van der Waals surface area (Å²) in [7, 11) is 0. The Kier molecular flexibility index (Phi) is 4.57. The minimum atomic E-state index is 0.751. The fourth-order valence-electron chi connectivity index (χ4n) is 1.48. The zero-order chi connectivity index (χ0) is 9.84. The van der Waals surface area contributed by atoms with Gasteiger partial charge < -0.3 is 0 Å². The Labute approximate surface area is 90.7 Å². The van der Waals surface area contributed by atoms with Crippen LogP contribution >= 0.6 is 23.2 Å². The van der Waals surface area contributed by atoms with E-state index in [0.717, 1.165) is 42.0 Å². The molecule has 0 spiro atoms. The smallest absolute Gasteiger partial charge is 0.0466 e. The van der Waals surface area contributed by atoms with Crippen LogP contribution in [0.15, 0.2) is 10.1 Å². The molecule has 1 heterocycles. The number of hydrogen-bond acceptors (Lipinski definition) is 1. The van der Waals surface area contributed by atoms with Crippen molar-refractivity contribution in [1.29, 1.82) is 0 Å². The van der Waals surface area contributed by atoms with Crippen LogP contribution in [0, 0.1) is 5.92 Å². The van der Waals surface area contributed by atoms with Crippen LogP contribution in [0.25, 0.3) is 0 Å². The highest BCUT2D eigenvalue weighted by Gasteiger charge is 2.17. The summed E-state index contributed by atoms with van der Waals surface area (Å²) in [6.07, 6.45) is 2.14. The normalized spacial score (nSPS) is 22.2. The molecule has 1 atom stereocenters. The third-order valence-electron chi connectivity index (χ3n) is 2.57. The van der Waals surface area contributed by atoms with E-state index in [2.05, 4.69) is 18.7 Å². The lowest BCUT2D eigenvalue weighted by Gasteiger charge is -2.28. The van der Waals surface area contributed by atoms with E-state index in [1.165, 1.54) is 6.42 Å². The van der Waals surface area contributed by atoms with Gasteiger partial charge in [0.15, 0.2) is 0 Å². The maximum Gasteiger partial charge on any atom is 0.0466 e. The summed E-state index contributed by atoms with van der Waals surface area (Å²) in [5.41, 5.74) is 0. The van der Waals surface area contributed by atoms with Crippen molar-refractivity contribution < 1.29 is 0 Å². The van der Waals surface area contributed by atoms with Crippen molar-refractivity contribution >= 4 is 23.2 Å². The monoisotopic (exact) mass is 221 g/mol. The average Bonchev–Trinajstić information content (AvgIpc) is 2.11. The highest BCUT2D eigenvalue weighted by atomic mass is 35.5. The Hall–Kier alpha value is 0.280. The lowest BCUT2D eigenvalue weighted by molar-refractivity contribution is 0.250. The van der Waals surface area contributed by atoms with Gasteiger partial charge in [-0.1, -0.05) is 43.5 Å². The molecule has 1 nitrogen and oxygen atoms in total. The lowest BCUT2D eigenvalue weighted by atomic mass is 10.1. The van der Waals surface area contributed by atoms with Gasteiger partial charge in [0, 0.05) is 29.7 Å². The Morgan fingerprint density at radius 2 is 2.08 bits per heavy atom. The highest BCUT2D eigenvalue weighted by molar-refractivity contribution is 6.39. The molecule has 0 aliphatic carbocycles. The number of halogens is 2. The van der Waals surface area contributed by atoms with E-state index in [0.29, 0.717) is 0 Å². The number of hydrogen-bond donors (Lipinski definition) is 0. The molecule has 0 bridgehead atoms. The first-order valence-corrected chi connectivity index (χ1v) is 5.64. The van der Waals surface area contributed by atoms with Gasteiger partial charge in [-0.2, -0.15) is 0 Å². The van der Waals surface area contributed by atoms with Crippen LogP contribution in [-0.2, 0) is 0 Å². The third kappa shape index (κ3) is 3.49. The second kappa shape index (κ2) is 5.23. The molecule has 0 aromatic rings. The van der Waals surface area contributed by atoms with Gasteiger partial charge in [0.25, 0.3) is 0 Å². The molecule has 0 saturated carbocycles. The van der Waals surface area contributed by atoms with Crippen LogP contribution in [-0.4, -0.2) is 24.5 Å². The van der Waals surface area contributed by atoms with Gasteiger partial charge >= 0.3 is 0 Å². The van der Waals surface area contributed by atoms with Crippen molar-refractivity contribution in [3.05, 3.63) is 10.1 Å². The largest absolute Gasteiger partial charge is 0.298 e. The van der Waals surface area contributed by atoms with Crippen LogP contribution in [0.1, 0.15) is 26.7 Å². The van der Waals surface area contributed by atoms with Crippen molar-refractivity contribution in [2.75, 3.05) is 19.6 Å². The molecule has 3 heteroatoms. The molecule has 0 aromatic carbocycles. The zero-order valence-electron chi connectivity index (χ0n) is 8.32. The molecule has 1 unspecified atom stereocenters. The van der Waals surface area contributed by atoms with Gasteiger partial charge in [0.2, 0.25) is 0 Å². The summed E-state index contributed by atoms with van der Waals surface area (Å²) in [6.45, 7) is 7.52. The molecule has 1 rings (SSSR count). The fraction of sp³-hybridized carbons (Fsp3) is 0.800. The molecule has 76 valence electrons. The standard InChI is InChI=1S/C10H17Cl2N/c1-3-8(2)6-13-5-4-9(11)10(12)7-13/h8H,3-7H2,1-2H3. The minimum Gasteiger partial charge on any atom is -0.298 e. The Bertz CT molecular complexity index is 201. The Morgan fingerprint density at radius 3 is 2.62 bits per heavy atom. The third-order valence-corrected chi connectivity index (χ3v) is 3.43. The number of nitrogens with zero attached hydrogens (tertiary/aromatic N) is 1. The van der Waals surface area contributed by atoms with Crippen molar-refractivity contribution in [1.82, 2.24) is 4.90 Å². The molecular formula is C10H17Cl2N. The first kappa shape index (κ1) is 11.4. The molecule has 13 heavy (non-hydrogen) atoms. The van der Waals surface area contributed by atoms with Gasteiger partial charge in [-0.3, -0.25) is 4.90 Å². The van der Waals surface area contributed by atoms with E-state index in [9.17, 15) is 0 Å². The molecule has 1 aliphatic rings. The molecule has 0 N–H and O–H groups in total. The van der Waals surface area contributed by atoms with Crippen LogP contribution in [0.5, 0.6) is 0 Å². The van der Waals surface area contributed by atoms with Gasteiger partial charge in [0.05, 0.1) is 0 Å². The van der Waals surface area contributed by atoms with Crippen molar-refractivity contribution in [2.45, 2.75) is 26.7 Å². The molecule has 0 amide bonds.